The van der Waals surface area contributed by atoms with Gasteiger partial charge in [-0.2, -0.15) is 0 Å². The molecule has 0 saturated carbocycles. The molecular formula is C32H40FN3O4S. The number of benzene rings is 3. The molecule has 0 aliphatic carbocycles. The average Bonchev–Trinajstić information content (AvgIpc) is 2.96. The minimum Gasteiger partial charge on any atom is -0.354 e. The Bertz CT molecular complexity index is 1360. The molecule has 0 heterocycles. The highest BCUT2D eigenvalue weighted by molar-refractivity contribution is 7.92. The molecule has 1 atom stereocenters. The molecule has 3 aromatic rings. The van der Waals surface area contributed by atoms with E-state index in [1.807, 2.05) is 56.3 Å². The van der Waals surface area contributed by atoms with Crippen molar-refractivity contribution in [2.75, 3.05) is 23.7 Å². The van der Waals surface area contributed by atoms with Crippen LogP contribution in [0.25, 0.3) is 0 Å². The van der Waals surface area contributed by atoms with E-state index in [9.17, 15) is 22.4 Å². The van der Waals surface area contributed by atoms with E-state index in [0.717, 1.165) is 30.2 Å². The van der Waals surface area contributed by atoms with Gasteiger partial charge in [0, 0.05) is 32.5 Å². The third-order valence-electron chi connectivity index (χ3n) is 6.87. The predicted molar refractivity (Wildman–Crippen MR) is 161 cm³/mol. The van der Waals surface area contributed by atoms with E-state index in [4.69, 9.17) is 0 Å². The number of anilines is 1. The molecule has 41 heavy (non-hydrogen) atoms. The summed E-state index contributed by atoms with van der Waals surface area (Å²) in [6.45, 7) is 4.69. The van der Waals surface area contributed by atoms with Crippen molar-refractivity contribution >= 4 is 27.5 Å². The zero-order chi connectivity index (χ0) is 29.8. The first-order valence-corrected chi connectivity index (χ1v) is 15.9. The minimum absolute atomic E-state index is 0.0343. The standard InChI is InChI=1S/C32H40FN3O4S/c1-4-21-34-32(38)30(23-26-10-7-6-8-11-26)35(24-27-13-17-28(33)18-14-27)31(37)12-9-22-36(41(3,39)40)29-19-15-25(5-2)16-20-29/h6-8,10-11,13-20,30H,4-5,9,12,21-24H2,1-3H3,(H,34,38). The van der Waals surface area contributed by atoms with Crippen LogP contribution in [0.2, 0.25) is 0 Å². The summed E-state index contributed by atoms with van der Waals surface area (Å²) in [5.41, 5.74) is 3.23. The largest absolute Gasteiger partial charge is 0.354 e. The van der Waals surface area contributed by atoms with Crippen LogP contribution in [0.3, 0.4) is 0 Å². The van der Waals surface area contributed by atoms with E-state index in [-0.39, 0.29) is 43.6 Å². The summed E-state index contributed by atoms with van der Waals surface area (Å²) >= 11 is 0. The van der Waals surface area contributed by atoms with E-state index in [1.165, 1.54) is 21.3 Å². The maximum atomic E-state index is 13.8. The van der Waals surface area contributed by atoms with Crippen molar-refractivity contribution in [3.8, 4) is 0 Å². The lowest BCUT2D eigenvalue weighted by molar-refractivity contribution is -0.141. The highest BCUT2D eigenvalue weighted by Crippen LogP contribution is 2.21. The van der Waals surface area contributed by atoms with Crippen molar-refractivity contribution < 1.29 is 22.4 Å². The SMILES string of the molecule is CCCNC(=O)C(Cc1ccccc1)N(Cc1ccc(F)cc1)C(=O)CCCN(c1ccc(CC)cc1)S(C)(=O)=O. The number of aryl methyl sites for hydroxylation is 1. The molecule has 3 rings (SSSR count). The number of carbonyl (C=O) groups excluding carboxylic acids is 2. The van der Waals surface area contributed by atoms with Crippen molar-refractivity contribution in [2.45, 2.75) is 58.5 Å². The quantitative estimate of drug-likeness (QED) is 0.271. The first-order valence-electron chi connectivity index (χ1n) is 14.0. The predicted octanol–water partition coefficient (Wildman–Crippen LogP) is 5.10. The zero-order valence-corrected chi connectivity index (χ0v) is 24.9. The van der Waals surface area contributed by atoms with E-state index in [0.29, 0.717) is 24.2 Å². The van der Waals surface area contributed by atoms with Gasteiger partial charge in [-0.25, -0.2) is 12.8 Å². The Hall–Kier alpha value is -3.72. The van der Waals surface area contributed by atoms with Crippen LogP contribution in [-0.4, -0.2) is 50.5 Å². The summed E-state index contributed by atoms with van der Waals surface area (Å²) in [6.07, 6.45) is 3.34. The van der Waals surface area contributed by atoms with Gasteiger partial charge in [-0.1, -0.05) is 68.4 Å². The van der Waals surface area contributed by atoms with Crippen molar-refractivity contribution in [2.24, 2.45) is 0 Å². The lowest BCUT2D eigenvalue weighted by atomic mass is 10.0. The molecule has 220 valence electrons. The summed E-state index contributed by atoms with van der Waals surface area (Å²) < 4.78 is 40.1. The molecule has 0 aliphatic heterocycles. The molecule has 0 saturated heterocycles. The fourth-order valence-corrected chi connectivity index (χ4v) is 5.57. The third-order valence-corrected chi connectivity index (χ3v) is 8.07. The number of sulfonamides is 1. The van der Waals surface area contributed by atoms with Crippen molar-refractivity contribution in [1.29, 1.82) is 0 Å². The summed E-state index contributed by atoms with van der Waals surface area (Å²) in [5.74, 6) is -0.933. The normalized spacial score (nSPS) is 12.0. The maximum absolute atomic E-state index is 13.8. The van der Waals surface area contributed by atoms with Crippen LogP contribution < -0.4 is 9.62 Å². The molecule has 0 bridgehead atoms. The van der Waals surface area contributed by atoms with Crippen LogP contribution in [0, 0.1) is 5.82 Å². The summed E-state index contributed by atoms with van der Waals surface area (Å²) in [5, 5.41) is 2.93. The first kappa shape index (κ1) is 31.8. The van der Waals surface area contributed by atoms with Gasteiger partial charge in [-0.05, 0) is 60.2 Å². The number of carbonyl (C=O) groups is 2. The number of rotatable bonds is 15. The highest BCUT2D eigenvalue weighted by Gasteiger charge is 2.30. The molecule has 7 nitrogen and oxygen atoms in total. The van der Waals surface area contributed by atoms with Crippen LogP contribution in [0.15, 0.2) is 78.9 Å². The second-order valence-corrected chi connectivity index (χ2v) is 12.0. The van der Waals surface area contributed by atoms with Gasteiger partial charge in [-0.15, -0.1) is 0 Å². The number of hydrogen-bond acceptors (Lipinski definition) is 4. The van der Waals surface area contributed by atoms with Crippen LogP contribution in [0.5, 0.6) is 0 Å². The second kappa shape index (κ2) is 15.3. The number of hydrogen-bond donors (Lipinski definition) is 1. The zero-order valence-electron chi connectivity index (χ0n) is 24.1. The lowest BCUT2D eigenvalue weighted by Gasteiger charge is -2.32. The Morgan fingerprint density at radius 1 is 0.878 bits per heavy atom. The van der Waals surface area contributed by atoms with E-state index < -0.39 is 16.1 Å². The molecule has 0 fully saturated rings. The van der Waals surface area contributed by atoms with Crippen molar-refractivity contribution in [3.05, 3.63) is 101 Å². The number of nitrogens with zero attached hydrogens (tertiary/aromatic N) is 2. The highest BCUT2D eigenvalue weighted by atomic mass is 32.2. The first-order chi connectivity index (χ1) is 19.6. The van der Waals surface area contributed by atoms with Gasteiger partial charge in [0.2, 0.25) is 21.8 Å². The van der Waals surface area contributed by atoms with Crippen molar-refractivity contribution in [3.63, 3.8) is 0 Å². The molecule has 0 aliphatic rings. The Kier molecular flexibility index (Phi) is 11.9. The van der Waals surface area contributed by atoms with Gasteiger partial charge in [0.1, 0.15) is 11.9 Å². The van der Waals surface area contributed by atoms with Crippen LogP contribution >= 0.6 is 0 Å². The molecule has 0 spiro atoms. The van der Waals surface area contributed by atoms with Crippen LogP contribution in [0.4, 0.5) is 10.1 Å². The molecule has 0 radical (unpaired) electrons. The van der Waals surface area contributed by atoms with Gasteiger partial charge >= 0.3 is 0 Å². The summed E-state index contributed by atoms with van der Waals surface area (Å²) in [7, 11) is -3.58. The summed E-state index contributed by atoms with van der Waals surface area (Å²) in [4.78, 5) is 28.7. The molecule has 3 aromatic carbocycles. The Labute approximate surface area is 243 Å². The van der Waals surface area contributed by atoms with Crippen molar-refractivity contribution in [1.82, 2.24) is 10.2 Å². The monoisotopic (exact) mass is 581 g/mol. The summed E-state index contributed by atoms with van der Waals surface area (Å²) in [6, 6.07) is 21.9. The van der Waals surface area contributed by atoms with Gasteiger partial charge < -0.3 is 10.2 Å². The second-order valence-electron chi connectivity index (χ2n) is 10.1. The maximum Gasteiger partial charge on any atom is 0.243 e. The van der Waals surface area contributed by atoms with Gasteiger partial charge in [0.25, 0.3) is 0 Å². The Morgan fingerprint density at radius 2 is 1.51 bits per heavy atom. The molecule has 2 amide bonds. The number of amides is 2. The molecule has 1 N–H and O–H groups in total. The molecule has 1 unspecified atom stereocenters. The van der Waals surface area contributed by atoms with Gasteiger partial charge in [0.05, 0.1) is 11.9 Å². The lowest BCUT2D eigenvalue weighted by Crippen LogP contribution is -2.50. The van der Waals surface area contributed by atoms with Gasteiger partial charge in [-0.3, -0.25) is 13.9 Å². The Morgan fingerprint density at radius 3 is 2.10 bits per heavy atom. The number of halogens is 1. The van der Waals surface area contributed by atoms with Crippen LogP contribution in [-0.2, 0) is 39.0 Å². The molecule has 0 aromatic heterocycles. The molecule has 9 heteroatoms. The topological polar surface area (TPSA) is 86.8 Å². The van der Waals surface area contributed by atoms with E-state index >= 15 is 0 Å². The van der Waals surface area contributed by atoms with Gasteiger partial charge in [0.15, 0.2) is 0 Å². The fraction of sp³-hybridized carbons (Fsp3) is 0.375. The molecular weight excluding hydrogens is 541 g/mol. The Balaban J connectivity index is 1.85. The smallest absolute Gasteiger partial charge is 0.243 e. The van der Waals surface area contributed by atoms with Crippen LogP contribution in [0.1, 0.15) is 49.8 Å². The van der Waals surface area contributed by atoms with E-state index in [1.54, 1.807) is 24.3 Å². The minimum atomic E-state index is -3.58. The van der Waals surface area contributed by atoms with E-state index in [2.05, 4.69) is 5.32 Å². The average molecular weight is 582 g/mol. The third kappa shape index (κ3) is 9.70. The number of nitrogens with one attached hydrogen (secondary N) is 1. The fourth-order valence-electron chi connectivity index (χ4n) is 4.61.